The third-order valence-electron chi connectivity index (χ3n) is 1.13. The van der Waals surface area contributed by atoms with Gasteiger partial charge in [0, 0.05) is 0 Å². The zero-order valence-corrected chi connectivity index (χ0v) is 6.22. The number of hydrogen-bond acceptors (Lipinski definition) is 0. The minimum absolute atomic E-state index is 1.02. The molecule has 0 aliphatic rings. The van der Waals surface area contributed by atoms with Gasteiger partial charge in [0.15, 0.2) is 0 Å². The summed E-state index contributed by atoms with van der Waals surface area (Å²) >= 11 is 0. The monoisotopic (exact) mass is 122 g/mol. The second-order valence-electron chi connectivity index (χ2n) is 1.96. The normalized spacial score (nSPS) is 12.4. The van der Waals surface area contributed by atoms with Crippen molar-refractivity contribution in [2.24, 2.45) is 0 Å². The molecule has 0 aliphatic heterocycles. The average Bonchev–Trinajstić information content (AvgIpc) is 1.89. The molecular weight excluding hydrogens is 108 g/mol. The zero-order chi connectivity index (χ0) is 7.11. The molecule has 0 heterocycles. The maximum absolute atomic E-state index is 3.65. The molecule has 0 spiro atoms. The van der Waals surface area contributed by atoms with Crippen LogP contribution >= 0.6 is 0 Å². The van der Waals surface area contributed by atoms with Gasteiger partial charge in [-0.3, -0.25) is 0 Å². The van der Waals surface area contributed by atoms with Gasteiger partial charge in [-0.2, -0.15) is 0 Å². The maximum Gasteiger partial charge on any atom is -0.0164 e. The third-order valence-corrected chi connectivity index (χ3v) is 1.13. The van der Waals surface area contributed by atoms with Gasteiger partial charge in [-0.15, -0.1) is 0 Å². The van der Waals surface area contributed by atoms with Crippen molar-refractivity contribution in [1.29, 1.82) is 0 Å². The van der Waals surface area contributed by atoms with Crippen molar-refractivity contribution >= 4 is 0 Å². The van der Waals surface area contributed by atoms with Gasteiger partial charge in [0.25, 0.3) is 0 Å². The smallest absolute Gasteiger partial charge is 0.0164 e. The van der Waals surface area contributed by atoms with Crippen LogP contribution in [-0.2, 0) is 0 Å². The molecule has 0 saturated heterocycles. The average molecular weight is 122 g/mol. The lowest BCUT2D eigenvalue weighted by atomic mass is 10.2. The van der Waals surface area contributed by atoms with Gasteiger partial charge in [-0.05, 0) is 20.3 Å². The highest BCUT2D eigenvalue weighted by Gasteiger charge is 1.74. The van der Waals surface area contributed by atoms with Crippen molar-refractivity contribution in [3.8, 4) is 0 Å². The largest absolute Gasteiger partial charge is 0.0988 e. The second kappa shape index (κ2) is 5.36. The molecule has 0 aromatic rings. The van der Waals surface area contributed by atoms with Crippen LogP contribution < -0.4 is 0 Å². The van der Waals surface area contributed by atoms with Crippen molar-refractivity contribution in [3.05, 3.63) is 36.5 Å². The predicted octanol–water partition coefficient (Wildman–Crippen LogP) is 3.08. The number of allylic oxidation sites excluding steroid dienone is 5. The lowest BCUT2D eigenvalue weighted by Crippen LogP contribution is -1.64. The van der Waals surface area contributed by atoms with Crippen LogP contribution in [0.2, 0.25) is 0 Å². The van der Waals surface area contributed by atoms with Crippen molar-refractivity contribution < 1.29 is 0 Å². The molecule has 0 aromatic carbocycles. The Labute approximate surface area is 57.6 Å². The molecule has 0 nitrogen and oxygen atoms in total. The molecule has 0 amide bonds. The Morgan fingerprint density at radius 3 is 2.67 bits per heavy atom. The summed E-state index contributed by atoms with van der Waals surface area (Å²) in [5, 5.41) is 0. The molecule has 0 bridgehead atoms. The standard InChI is InChI=1S/C9H14/c1-4-6-7-8-9(3)5-2/h4-6,8H,2,7H2,1,3H3/b6-4-,9-8-. The van der Waals surface area contributed by atoms with Gasteiger partial charge >= 0.3 is 0 Å². The second-order valence-corrected chi connectivity index (χ2v) is 1.96. The molecule has 0 aliphatic carbocycles. The van der Waals surface area contributed by atoms with E-state index >= 15 is 0 Å². The van der Waals surface area contributed by atoms with Gasteiger partial charge in [0.05, 0.1) is 0 Å². The highest BCUT2D eigenvalue weighted by molar-refractivity contribution is 5.13. The molecule has 0 N–H and O–H groups in total. The summed E-state index contributed by atoms with van der Waals surface area (Å²) in [6.45, 7) is 7.72. The van der Waals surface area contributed by atoms with Crippen molar-refractivity contribution in [2.75, 3.05) is 0 Å². The Hall–Kier alpha value is -0.780. The molecular formula is C9H14. The van der Waals surface area contributed by atoms with Gasteiger partial charge in [-0.1, -0.05) is 36.5 Å². The highest BCUT2D eigenvalue weighted by atomic mass is 13.8. The van der Waals surface area contributed by atoms with Crippen LogP contribution in [0.4, 0.5) is 0 Å². The van der Waals surface area contributed by atoms with Gasteiger partial charge in [-0.25, -0.2) is 0 Å². The quantitative estimate of drug-likeness (QED) is 0.398. The van der Waals surface area contributed by atoms with Gasteiger partial charge < -0.3 is 0 Å². The van der Waals surface area contributed by atoms with Crippen molar-refractivity contribution in [2.45, 2.75) is 20.3 Å². The Bertz CT molecular complexity index is 127. The van der Waals surface area contributed by atoms with E-state index in [2.05, 4.69) is 25.7 Å². The summed E-state index contributed by atoms with van der Waals surface area (Å²) in [4.78, 5) is 0. The van der Waals surface area contributed by atoms with Crippen LogP contribution in [-0.4, -0.2) is 0 Å². The molecule has 0 saturated carbocycles. The molecule has 0 radical (unpaired) electrons. The van der Waals surface area contributed by atoms with Crippen LogP contribution in [0, 0.1) is 0 Å². The molecule has 0 heteroatoms. The molecule has 0 aromatic heterocycles. The molecule has 0 fully saturated rings. The minimum atomic E-state index is 1.02. The number of rotatable bonds is 3. The maximum atomic E-state index is 3.65. The van der Waals surface area contributed by atoms with E-state index in [4.69, 9.17) is 0 Å². The Balaban J connectivity index is 3.56. The first-order chi connectivity index (χ1) is 4.31. The van der Waals surface area contributed by atoms with E-state index in [9.17, 15) is 0 Å². The minimum Gasteiger partial charge on any atom is -0.0988 e. The van der Waals surface area contributed by atoms with E-state index in [0.717, 1.165) is 6.42 Å². The fourth-order valence-corrected chi connectivity index (χ4v) is 0.473. The Kier molecular flexibility index (Phi) is 4.89. The SMILES string of the molecule is C=C/C(C)=C\C/C=C\C. The Morgan fingerprint density at radius 1 is 1.56 bits per heavy atom. The van der Waals surface area contributed by atoms with E-state index < -0.39 is 0 Å². The van der Waals surface area contributed by atoms with E-state index in [-0.39, 0.29) is 0 Å². The van der Waals surface area contributed by atoms with Crippen LogP contribution in [0.3, 0.4) is 0 Å². The fraction of sp³-hybridized carbons (Fsp3) is 0.333. The molecule has 50 valence electrons. The molecule has 9 heavy (non-hydrogen) atoms. The summed E-state index contributed by atoms with van der Waals surface area (Å²) in [6, 6.07) is 0. The van der Waals surface area contributed by atoms with Crippen LogP contribution in [0.15, 0.2) is 36.5 Å². The van der Waals surface area contributed by atoms with Gasteiger partial charge in [0.2, 0.25) is 0 Å². The predicted molar refractivity (Wildman–Crippen MR) is 43.4 cm³/mol. The van der Waals surface area contributed by atoms with Gasteiger partial charge in [0.1, 0.15) is 0 Å². The summed E-state index contributed by atoms with van der Waals surface area (Å²) in [5.74, 6) is 0. The summed E-state index contributed by atoms with van der Waals surface area (Å²) in [5.41, 5.74) is 1.24. The molecule has 0 unspecified atom stereocenters. The van der Waals surface area contributed by atoms with Crippen LogP contribution in [0.1, 0.15) is 20.3 Å². The first kappa shape index (κ1) is 8.22. The number of hydrogen-bond donors (Lipinski definition) is 0. The molecule has 0 atom stereocenters. The van der Waals surface area contributed by atoms with Crippen molar-refractivity contribution in [3.63, 3.8) is 0 Å². The van der Waals surface area contributed by atoms with E-state index in [0.29, 0.717) is 0 Å². The van der Waals surface area contributed by atoms with E-state index in [1.807, 2.05) is 19.1 Å². The summed E-state index contributed by atoms with van der Waals surface area (Å²) < 4.78 is 0. The summed E-state index contributed by atoms with van der Waals surface area (Å²) in [7, 11) is 0. The van der Waals surface area contributed by atoms with Crippen LogP contribution in [0.5, 0.6) is 0 Å². The lowest BCUT2D eigenvalue weighted by molar-refractivity contribution is 1.32. The Morgan fingerprint density at radius 2 is 2.22 bits per heavy atom. The third kappa shape index (κ3) is 5.09. The van der Waals surface area contributed by atoms with Crippen LogP contribution in [0.25, 0.3) is 0 Å². The first-order valence-electron chi connectivity index (χ1n) is 3.21. The molecule has 0 rings (SSSR count). The summed E-state index contributed by atoms with van der Waals surface area (Å²) in [6.07, 6.45) is 9.20. The first-order valence-corrected chi connectivity index (χ1v) is 3.21. The zero-order valence-electron chi connectivity index (χ0n) is 6.22. The fourth-order valence-electron chi connectivity index (χ4n) is 0.473. The highest BCUT2D eigenvalue weighted by Crippen LogP contribution is 1.95. The topological polar surface area (TPSA) is 0 Å². The van der Waals surface area contributed by atoms with E-state index in [1.165, 1.54) is 5.57 Å². The van der Waals surface area contributed by atoms with Crippen molar-refractivity contribution in [1.82, 2.24) is 0 Å². The lowest BCUT2D eigenvalue weighted by Gasteiger charge is -1.85. The van der Waals surface area contributed by atoms with E-state index in [1.54, 1.807) is 0 Å².